The van der Waals surface area contributed by atoms with E-state index in [0.717, 1.165) is 23.7 Å². The Morgan fingerprint density at radius 2 is 1.89 bits per heavy atom. The number of pyridine rings is 1. The van der Waals surface area contributed by atoms with Crippen molar-refractivity contribution in [1.29, 1.82) is 0 Å². The number of ether oxygens (including phenoxy) is 2. The summed E-state index contributed by atoms with van der Waals surface area (Å²) in [5, 5.41) is 3.35. The predicted molar refractivity (Wildman–Crippen MR) is 75.8 cm³/mol. The van der Waals surface area contributed by atoms with Crippen LogP contribution in [0.2, 0.25) is 0 Å². The average Bonchev–Trinajstić information content (AvgIpc) is 2.46. The van der Waals surface area contributed by atoms with Crippen LogP contribution >= 0.6 is 0 Å². The predicted octanol–water partition coefficient (Wildman–Crippen LogP) is 3.02. The van der Waals surface area contributed by atoms with Crippen molar-refractivity contribution < 1.29 is 9.47 Å². The molecule has 100 valence electrons. The molecule has 0 aliphatic rings. The van der Waals surface area contributed by atoms with Crippen LogP contribution in [-0.2, 0) is 6.54 Å². The highest BCUT2D eigenvalue weighted by atomic mass is 16.5. The fourth-order valence-electron chi connectivity index (χ4n) is 1.83. The minimum absolute atomic E-state index is 0.718. The van der Waals surface area contributed by atoms with Gasteiger partial charge >= 0.3 is 0 Å². The fourth-order valence-corrected chi connectivity index (χ4v) is 1.83. The number of nitrogens with one attached hydrogen (secondary N) is 1. The maximum absolute atomic E-state index is 5.28. The van der Waals surface area contributed by atoms with E-state index in [1.54, 1.807) is 20.4 Å². The standard InChI is InChI=1S/C15H18N2O2/c1-11-6-7-16-9-12(11)10-17-13-4-5-14(18-2)15(8-13)19-3/h4-9,17H,10H2,1-3H3. The minimum atomic E-state index is 0.718. The summed E-state index contributed by atoms with van der Waals surface area (Å²) in [4.78, 5) is 4.13. The van der Waals surface area contributed by atoms with E-state index in [9.17, 15) is 0 Å². The molecule has 0 saturated carbocycles. The zero-order valence-corrected chi connectivity index (χ0v) is 11.4. The Bertz CT molecular complexity index is 556. The minimum Gasteiger partial charge on any atom is -0.493 e. The van der Waals surface area contributed by atoms with Gasteiger partial charge in [-0.3, -0.25) is 4.98 Å². The van der Waals surface area contributed by atoms with Gasteiger partial charge in [0, 0.05) is 30.7 Å². The number of methoxy groups -OCH3 is 2. The largest absolute Gasteiger partial charge is 0.493 e. The number of anilines is 1. The van der Waals surface area contributed by atoms with E-state index in [4.69, 9.17) is 9.47 Å². The molecule has 1 aromatic heterocycles. The number of benzene rings is 1. The number of nitrogens with zero attached hydrogens (tertiary/aromatic N) is 1. The van der Waals surface area contributed by atoms with Gasteiger partial charge < -0.3 is 14.8 Å². The van der Waals surface area contributed by atoms with Gasteiger partial charge in [0.2, 0.25) is 0 Å². The van der Waals surface area contributed by atoms with Crippen molar-refractivity contribution in [3.63, 3.8) is 0 Å². The molecule has 1 aromatic carbocycles. The third kappa shape index (κ3) is 3.16. The van der Waals surface area contributed by atoms with Gasteiger partial charge in [0.05, 0.1) is 14.2 Å². The highest BCUT2D eigenvalue weighted by Gasteiger charge is 2.04. The fraction of sp³-hybridized carbons (Fsp3) is 0.267. The molecule has 0 saturated heterocycles. The lowest BCUT2D eigenvalue weighted by Gasteiger charge is -2.12. The topological polar surface area (TPSA) is 43.4 Å². The third-order valence-corrected chi connectivity index (χ3v) is 3.01. The third-order valence-electron chi connectivity index (χ3n) is 3.01. The second-order valence-electron chi connectivity index (χ2n) is 4.23. The molecule has 19 heavy (non-hydrogen) atoms. The summed E-state index contributed by atoms with van der Waals surface area (Å²) in [7, 11) is 3.26. The van der Waals surface area contributed by atoms with Gasteiger partial charge in [-0.05, 0) is 36.2 Å². The van der Waals surface area contributed by atoms with E-state index in [1.165, 1.54) is 11.1 Å². The van der Waals surface area contributed by atoms with Gasteiger partial charge in [-0.1, -0.05) is 0 Å². The Hall–Kier alpha value is -2.23. The van der Waals surface area contributed by atoms with Gasteiger partial charge in [0.25, 0.3) is 0 Å². The van der Waals surface area contributed by atoms with Crippen LogP contribution in [0, 0.1) is 6.92 Å². The second-order valence-corrected chi connectivity index (χ2v) is 4.23. The summed E-state index contributed by atoms with van der Waals surface area (Å²) in [5.74, 6) is 1.45. The highest BCUT2D eigenvalue weighted by Crippen LogP contribution is 2.29. The molecule has 2 rings (SSSR count). The molecule has 0 spiro atoms. The first kappa shape index (κ1) is 13.2. The van der Waals surface area contributed by atoms with Crippen molar-refractivity contribution in [3.05, 3.63) is 47.8 Å². The lowest BCUT2D eigenvalue weighted by Crippen LogP contribution is -2.02. The van der Waals surface area contributed by atoms with E-state index in [0.29, 0.717) is 0 Å². The number of rotatable bonds is 5. The highest BCUT2D eigenvalue weighted by molar-refractivity contribution is 5.55. The molecule has 0 aliphatic heterocycles. The van der Waals surface area contributed by atoms with Crippen LogP contribution in [0.3, 0.4) is 0 Å². The first-order valence-corrected chi connectivity index (χ1v) is 6.10. The second kappa shape index (κ2) is 6.09. The molecule has 4 heteroatoms. The zero-order valence-electron chi connectivity index (χ0n) is 11.4. The Kier molecular flexibility index (Phi) is 4.23. The molecule has 1 heterocycles. The maximum atomic E-state index is 5.28. The zero-order chi connectivity index (χ0) is 13.7. The van der Waals surface area contributed by atoms with Crippen LogP contribution in [0.4, 0.5) is 5.69 Å². The van der Waals surface area contributed by atoms with Crippen molar-refractivity contribution in [1.82, 2.24) is 4.98 Å². The number of aromatic nitrogens is 1. The van der Waals surface area contributed by atoms with E-state index in [2.05, 4.69) is 17.2 Å². The van der Waals surface area contributed by atoms with Crippen LogP contribution in [0.15, 0.2) is 36.7 Å². The van der Waals surface area contributed by atoms with Crippen LogP contribution in [0.25, 0.3) is 0 Å². The van der Waals surface area contributed by atoms with E-state index in [1.807, 2.05) is 30.5 Å². The molecule has 0 radical (unpaired) electrons. The lowest BCUT2D eigenvalue weighted by atomic mass is 10.1. The number of aryl methyl sites for hydroxylation is 1. The Morgan fingerprint density at radius 1 is 1.11 bits per heavy atom. The Morgan fingerprint density at radius 3 is 2.58 bits per heavy atom. The van der Waals surface area contributed by atoms with Crippen molar-refractivity contribution in [2.75, 3.05) is 19.5 Å². The summed E-state index contributed by atoms with van der Waals surface area (Å²) in [6.07, 6.45) is 3.68. The van der Waals surface area contributed by atoms with Crippen LogP contribution in [-0.4, -0.2) is 19.2 Å². The molecule has 1 N–H and O–H groups in total. The van der Waals surface area contributed by atoms with Gasteiger partial charge in [0.1, 0.15) is 0 Å². The molecule has 0 amide bonds. The van der Waals surface area contributed by atoms with Crippen LogP contribution < -0.4 is 14.8 Å². The normalized spacial score (nSPS) is 10.1. The molecule has 2 aromatic rings. The van der Waals surface area contributed by atoms with Crippen molar-refractivity contribution >= 4 is 5.69 Å². The average molecular weight is 258 g/mol. The molecule has 0 unspecified atom stereocenters. The number of hydrogen-bond acceptors (Lipinski definition) is 4. The van der Waals surface area contributed by atoms with Crippen molar-refractivity contribution in [2.24, 2.45) is 0 Å². The molecule has 4 nitrogen and oxygen atoms in total. The molecule has 0 atom stereocenters. The monoisotopic (exact) mass is 258 g/mol. The van der Waals surface area contributed by atoms with E-state index in [-0.39, 0.29) is 0 Å². The van der Waals surface area contributed by atoms with Crippen molar-refractivity contribution in [3.8, 4) is 11.5 Å². The summed E-state index contributed by atoms with van der Waals surface area (Å²) in [6.45, 7) is 2.81. The summed E-state index contributed by atoms with van der Waals surface area (Å²) >= 11 is 0. The molecular formula is C15H18N2O2. The lowest BCUT2D eigenvalue weighted by molar-refractivity contribution is 0.355. The van der Waals surface area contributed by atoms with Crippen LogP contribution in [0.1, 0.15) is 11.1 Å². The summed E-state index contributed by atoms with van der Waals surface area (Å²) < 4.78 is 10.5. The molecule has 0 bridgehead atoms. The first-order chi connectivity index (χ1) is 9.24. The smallest absolute Gasteiger partial charge is 0.162 e. The van der Waals surface area contributed by atoms with E-state index < -0.39 is 0 Å². The van der Waals surface area contributed by atoms with Gasteiger partial charge in [-0.25, -0.2) is 0 Å². The van der Waals surface area contributed by atoms with Gasteiger partial charge in [0.15, 0.2) is 11.5 Å². The van der Waals surface area contributed by atoms with Crippen LogP contribution in [0.5, 0.6) is 11.5 Å². The summed E-state index contributed by atoms with van der Waals surface area (Å²) in [6, 6.07) is 7.78. The van der Waals surface area contributed by atoms with Crippen molar-refractivity contribution in [2.45, 2.75) is 13.5 Å². The maximum Gasteiger partial charge on any atom is 0.162 e. The number of hydrogen-bond donors (Lipinski definition) is 1. The quantitative estimate of drug-likeness (QED) is 0.895. The summed E-state index contributed by atoms with van der Waals surface area (Å²) in [5.41, 5.74) is 3.39. The Balaban J connectivity index is 2.10. The molecular weight excluding hydrogens is 240 g/mol. The van der Waals surface area contributed by atoms with E-state index >= 15 is 0 Å². The molecule has 0 aliphatic carbocycles. The van der Waals surface area contributed by atoms with Gasteiger partial charge in [-0.15, -0.1) is 0 Å². The Labute approximate surface area is 113 Å². The molecule has 0 fully saturated rings. The SMILES string of the molecule is COc1ccc(NCc2cnccc2C)cc1OC. The first-order valence-electron chi connectivity index (χ1n) is 6.10. The van der Waals surface area contributed by atoms with Gasteiger partial charge in [-0.2, -0.15) is 0 Å².